The molecule has 17 heavy (non-hydrogen) atoms. The van der Waals surface area contributed by atoms with Crippen LogP contribution in [-0.4, -0.2) is 6.79 Å². The van der Waals surface area contributed by atoms with Gasteiger partial charge in [-0.1, -0.05) is 43.0 Å². The summed E-state index contributed by atoms with van der Waals surface area (Å²) in [6.45, 7) is 4.14. The second-order valence-corrected chi connectivity index (χ2v) is 3.86. The molecule has 84 valence electrons. The SMILES string of the molecule is C=Cc1cc2c(cc1-c1ccccc1)OCO2. The molecule has 0 aliphatic carbocycles. The molecule has 0 saturated carbocycles. The molecule has 0 spiro atoms. The highest BCUT2D eigenvalue weighted by atomic mass is 16.7. The topological polar surface area (TPSA) is 18.5 Å². The zero-order valence-corrected chi connectivity index (χ0v) is 9.35. The standard InChI is InChI=1S/C15H12O2/c1-2-11-8-14-15(17-10-16-14)9-13(11)12-6-4-3-5-7-12/h2-9H,1,10H2. The molecule has 0 radical (unpaired) electrons. The highest BCUT2D eigenvalue weighted by molar-refractivity contribution is 5.78. The van der Waals surface area contributed by atoms with E-state index in [-0.39, 0.29) is 0 Å². The molecule has 2 heteroatoms. The Morgan fingerprint density at radius 2 is 1.71 bits per heavy atom. The fraction of sp³-hybridized carbons (Fsp3) is 0.0667. The fourth-order valence-electron chi connectivity index (χ4n) is 1.99. The van der Waals surface area contributed by atoms with Crippen LogP contribution in [0.15, 0.2) is 49.0 Å². The first-order chi connectivity index (χ1) is 8.38. The number of hydrogen-bond donors (Lipinski definition) is 0. The van der Waals surface area contributed by atoms with Crippen molar-refractivity contribution < 1.29 is 9.47 Å². The molecule has 1 aliphatic heterocycles. The van der Waals surface area contributed by atoms with Crippen molar-refractivity contribution >= 4 is 6.08 Å². The van der Waals surface area contributed by atoms with Gasteiger partial charge < -0.3 is 9.47 Å². The summed E-state index contributed by atoms with van der Waals surface area (Å²) in [4.78, 5) is 0. The molecular formula is C15H12O2. The number of benzene rings is 2. The predicted molar refractivity (Wildman–Crippen MR) is 68.1 cm³/mol. The number of ether oxygens (including phenoxy) is 2. The van der Waals surface area contributed by atoms with Crippen molar-refractivity contribution in [3.8, 4) is 22.6 Å². The largest absolute Gasteiger partial charge is 0.454 e. The Morgan fingerprint density at radius 3 is 2.41 bits per heavy atom. The van der Waals surface area contributed by atoms with Gasteiger partial charge in [0.1, 0.15) is 0 Å². The van der Waals surface area contributed by atoms with Crippen LogP contribution < -0.4 is 9.47 Å². The van der Waals surface area contributed by atoms with E-state index >= 15 is 0 Å². The molecule has 0 bridgehead atoms. The summed E-state index contributed by atoms with van der Waals surface area (Å²) in [5.41, 5.74) is 3.33. The Kier molecular flexibility index (Phi) is 2.33. The zero-order chi connectivity index (χ0) is 11.7. The molecule has 0 fully saturated rings. The molecule has 2 aromatic rings. The first-order valence-electron chi connectivity index (χ1n) is 5.50. The second-order valence-electron chi connectivity index (χ2n) is 3.86. The van der Waals surface area contributed by atoms with E-state index in [1.807, 2.05) is 36.4 Å². The second kappa shape index (κ2) is 3.98. The van der Waals surface area contributed by atoms with Gasteiger partial charge in [-0.05, 0) is 28.8 Å². The van der Waals surface area contributed by atoms with Gasteiger partial charge in [-0.25, -0.2) is 0 Å². The molecule has 2 aromatic carbocycles. The molecule has 3 rings (SSSR count). The van der Waals surface area contributed by atoms with E-state index < -0.39 is 0 Å². The minimum Gasteiger partial charge on any atom is -0.454 e. The van der Waals surface area contributed by atoms with Crippen molar-refractivity contribution in [3.63, 3.8) is 0 Å². The molecule has 0 aromatic heterocycles. The van der Waals surface area contributed by atoms with E-state index in [0.29, 0.717) is 6.79 Å². The highest BCUT2D eigenvalue weighted by Crippen LogP contribution is 2.39. The monoisotopic (exact) mass is 224 g/mol. The van der Waals surface area contributed by atoms with Gasteiger partial charge in [-0.3, -0.25) is 0 Å². The third-order valence-corrected chi connectivity index (χ3v) is 2.85. The lowest BCUT2D eigenvalue weighted by atomic mass is 9.99. The van der Waals surface area contributed by atoms with E-state index in [1.165, 1.54) is 0 Å². The van der Waals surface area contributed by atoms with E-state index in [1.54, 1.807) is 0 Å². The van der Waals surface area contributed by atoms with Crippen LogP contribution in [-0.2, 0) is 0 Å². The number of fused-ring (bicyclic) bond motifs is 1. The minimum absolute atomic E-state index is 0.296. The van der Waals surface area contributed by atoms with Gasteiger partial charge in [0, 0.05) is 0 Å². The Hall–Kier alpha value is -2.22. The number of hydrogen-bond acceptors (Lipinski definition) is 2. The molecule has 0 unspecified atom stereocenters. The van der Waals surface area contributed by atoms with Crippen molar-refractivity contribution in [2.45, 2.75) is 0 Å². The molecule has 0 amide bonds. The van der Waals surface area contributed by atoms with Gasteiger partial charge in [-0.2, -0.15) is 0 Å². The summed E-state index contributed by atoms with van der Waals surface area (Å²) >= 11 is 0. The normalized spacial score (nSPS) is 12.5. The van der Waals surface area contributed by atoms with Gasteiger partial charge in [0.2, 0.25) is 6.79 Å². The smallest absolute Gasteiger partial charge is 0.231 e. The van der Waals surface area contributed by atoms with Crippen LogP contribution in [0.25, 0.3) is 17.2 Å². The maximum Gasteiger partial charge on any atom is 0.231 e. The van der Waals surface area contributed by atoms with Crippen molar-refractivity contribution in [2.24, 2.45) is 0 Å². The summed E-state index contributed by atoms with van der Waals surface area (Å²) in [7, 11) is 0. The summed E-state index contributed by atoms with van der Waals surface area (Å²) < 4.78 is 10.8. The van der Waals surface area contributed by atoms with E-state index in [2.05, 4.69) is 18.7 Å². The molecule has 0 N–H and O–H groups in total. The quantitative estimate of drug-likeness (QED) is 0.773. The van der Waals surface area contributed by atoms with Gasteiger partial charge in [0.15, 0.2) is 11.5 Å². The van der Waals surface area contributed by atoms with Crippen LogP contribution in [0.5, 0.6) is 11.5 Å². The molecular weight excluding hydrogens is 212 g/mol. The van der Waals surface area contributed by atoms with Crippen LogP contribution >= 0.6 is 0 Å². The molecule has 0 atom stereocenters. The minimum atomic E-state index is 0.296. The van der Waals surface area contributed by atoms with Crippen LogP contribution in [0, 0.1) is 0 Å². The molecule has 0 saturated heterocycles. The lowest BCUT2D eigenvalue weighted by Crippen LogP contribution is -1.92. The van der Waals surface area contributed by atoms with Gasteiger partial charge >= 0.3 is 0 Å². The average molecular weight is 224 g/mol. The van der Waals surface area contributed by atoms with Gasteiger partial charge in [-0.15, -0.1) is 0 Å². The molecule has 1 aliphatic rings. The first kappa shape index (κ1) is 9.97. The Balaban J connectivity index is 2.19. The lowest BCUT2D eigenvalue weighted by molar-refractivity contribution is 0.174. The maximum absolute atomic E-state index is 5.40. The van der Waals surface area contributed by atoms with Crippen molar-refractivity contribution in [3.05, 3.63) is 54.6 Å². The van der Waals surface area contributed by atoms with Gasteiger partial charge in [0.05, 0.1) is 0 Å². The fourth-order valence-corrected chi connectivity index (χ4v) is 1.99. The van der Waals surface area contributed by atoms with Crippen molar-refractivity contribution in [1.82, 2.24) is 0 Å². The zero-order valence-electron chi connectivity index (χ0n) is 9.35. The summed E-state index contributed by atoms with van der Waals surface area (Å²) in [6.07, 6.45) is 1.84. The van der Waals surface area contributed by atoms with E-state index in [9.17, 15) is 0 Å². The number of rotatable bonds is 2. The predicted octanol–water partition coefficient (Wildman–Crippen LogP) is 3.73. The van der Waals surface area contributed by atoms with Crippen molar-refractivity contribution in [2.75, 3.05) is 6.79 Å². The summed E-state index contributed by atoms with van der Waals surface area (Å²) in [6, 6.07) is 14.2. The van der Waals surface area contributed by atoms with Crippen LogP contribution in [0.4, 0.5) is 0 Å². The third kappa shape index (κ3) is 1.68. The van der Waals surface area contributed by atoms with Crippen LogP contribution in [0.2, 0.25) is 0 Å². The summed E-state index contributed by atoms with van der Waals surface area (Å²) in [5.74, 6) is 1.59. The Morgan fingerprint density at radius 1 is 1.00 bits per heavy atom. The lowest BCUT2D eigenvalue weighted by Gasteiger charge is -2.08. The van der Waals surface area contributed by atoms with Crippen LogP contribution in [0.1, 0.15) is 5.56 Å². The Labute approximate surface area is 100 Å². The Bertz CT molecular complexity index is 559. The first-order valence-corrected chi connectivity index (χ1v) is 5.50. The third-order valence-electron chi connectivity index (χ3n) is 2.85. The van der Waals surface area contributed by atoms with Crippen molar-refractivity contribution in [1.29, 1.82) is 0 Å². The highest BCUT2D eigenvalue weighted by Gasteiger charge is 2.16. The van der Waals surface area contributed by atoms with Crippen LogP contribution in [0.3, 0.4) is 0 Å². The summed E-state index contributed by atoms with van der Waals surface area (Å²) in [5, 5.41) is 0. The molecule has 2 nitrogen and oxygen atoms in total. The average Bonchev–Trinajstić information content (AvgIpc) is 2.85. The van der Waals surface area contributed by atoms with E-state index in [0.717, 1.165) is 28.2 Å². The van der Waals surface area contributed by atoms with E-state index in [4.69, 9.17) is 9.47 Å². The van der Waals surface area contributed by atoms with Gasteiger partial charge in [0.25, 0.3) is 0 Å². The molecule has 1 heterocycles. The maximum atomic E-state index is 5.40.